The van der Waals surface area contributed by atoms with Crippen LogP contribution in [0.3, 0.4) is 0 Å². The number of sulfonamides is 1. The Bertz CT molecular complexity index is 1090. The lowest BCUT2D eigenvalue weighted by Gasteiger charge is -2.32. The number of aryl methyl sites for hydroxylation is 1. The zero-order chi connectivity index (χ0) is 21.6. The Morgan fingerprint density at radius 2 is 1.90 bits per heavy atom. The van der Waals surface area contributed by atoms with E-state index >= 15 is 0 Å². The lowest BCUT2D eigenvalue weighted by Crippen LogP contribution is -2.42. The predicted molar refractivity (Wildman–Crippen MR) is 130 cm³/mol. The zero-order valence-electron chi connectivity index (χ0n) is 17.4. The monoisotopic (exact) mass is 533 g/mol. The van der Waals surface area contributed by atoms with Crippen molar-refractivity contribution in [3.8, 4) is 0 Å². The molecule has 0 radical (unpaired) electrons. The Kier molecular flexibility index (Phi) is 7.70. The molecule has 30 heavy (non-hydrogen) atoms. The van der Waals surface area contributed by atoms with E-state index < -0.39 is 15.7 Å². The van der Waals surface area contributed by atoms with Crippen LogP contribution in [0.25, 0.3) is 0 Å². The van der Waals surface area contributed by atoms with Gasteiger partial charge in [-0.15, -0.1) is 17.0 Å². The molecule has 164 valence electrons. The molecule has 10 heteroatoms. The number of nitrogens with zero attached hydrogens (tertiary/aromatic N) is 3. The number of aliphatic hydroxyl groups is 1. The summed E-state index contributed by atoms with van der Waals surface area (Å²) >= 11 is 7.57. The summed E-state index contributed by atoms with van der Waals surface area (Å²) in [6, 6.07) is 10.5. The van der Waals surface area contributed by atoms with Crippen molar-refractivity contribution < 1.29 is 13.5 Å². The summed E-state index contributed by atoms with van der Waals surface area (Å²) in [7, 11) is 0.895. The van der Waals surface area contributed by atoms with Gasteiger partial charge in [0.1, 0.15) is 4.90 Å². The molecule has 0 aromatic heterocycles. The van der Waals surface area contributed by atoms with E-state index in [1.807, 2.05) is 32.0 Å². The summed E-state index contributed by atoms with van der Waals surface area (Å²) in [4.78, 5) is 6.37. The lowest BCUT2D eigenvalue weighted by atomic mass is 10.0. The van der Waals surface area contributed by atoms with E-state index in [1.54, 1.807) is 18.0 Å². The summed E-state index contributed by atoms with van der Waals surface area (Å²) < 4.78 is 26.3. The molecule has 1 aliphatic heterocycles. The average Bonchev–Trinajstić information content (AvgIpc) is 2.95. The van der Waals surface area contributed by atoms with Gasteiger partial charge >= 0.3 is 0 Å². The topological polar surface area (TPSA) is 73.2 Å². The Morgan fingerprint density at radius 1 is 1.23 bits per heavy atom. The van der Waals surface area contributed by atoms with E-state index in [4.69, 9.17) is 16.6 Å². The Morgan fingerprint density at radius 3 is 2.53 bits per heavy atom. The molecule has 3 rings (SSSR count). The summed E-state index contributed by atoms with van der Waals surface area (Å²) in [6.45, 7) is 4.04. The third kappa shape index (κ3) is 4.42. The van der Waals surface area contributed by atoms with Crippen LogP contribution in [0.1, 0.15) is 16.7 Å². The van der Waals surface area contributed by atoms with Crippen LogP contribution in [0.2, 0.25) is 5.02 Å². The van der Waals surface area contributed by atoms with E-state index in [9.17, 15) is 13.5 Å². The molecular formula is C20H25BrClN3O3S2. The maximum Gasteiger partial charge on any atom is 0.244 e. The van der Waals surface area contributed by atoms with Crippen molar-refractivity contribution in [2.45, 2.75) is 24.5 Å². The maximum atomic E-state index is 12.6. The number of rotatable bonds is 4. The smallest absolute Gasteiger partial charge is 0.244 e. The van der Waals surface area contributed by atoms with Crippen molar-refractivity contribution in [2.75, 3.05) is 26.9 Å². The highest BCUT2D eigenvalue weighted by atomic mass is 79.9. The van der Waals surface area contributed by atoms with E-state index in [-0.39, 0.29) is 26.9 Å². The van der Waals surface area contributed by atoms with E-state index in [2.05, 4.69) is 0 Å². The number of hydrogen-bond donors (Lipinski definition) is 1. The highest BCUT2D eigenvalue weighted by molar-refractivity contribution is 8.93. The molecular weight excluding hydrogens is 510 g/mol. The van der Waals surface area contributed by atoms with Crippen LogP contribution in [0.4, 0.5) is 5.69 Å². The predicted octanol–water partition coefficient (Wildman–Crippen LogP) is 4.30. The molecule has 0 spiro atoms. The van der Waals surface area contributed by atoms with Gasteiger partial charge in [0.05, 0.1) is 16.5 Å². The van der Waals surface area contributed by atoms with Crippen LogP contribution >= 0.6 is 40.3 Å². The van der Waals surface area contributed by atoms with Crippen molar-refractivity contribution in [1.82, 2.24) is 9.21 Å². The van der Waals surface area contributed by atoms with Gasteiger partial charge in [0, 0.05) is 26.7 Å². The minimum atomic E-state index is -3.74. The molecule has 0 bridgehead atoms. The van der Waals surface area contributed by atoms with Crippen LogP contribution < -0.4 is 0 Å². The fourth-order valence-electron chi connectivity index (χ4n) is 3.01. The molecule has 1 saturated heterocycles. The van der Waals surface area contributed by atoms with Gasteiger partial charge in [-0.3, -0.25) is 0 Å². The van der Waals surface area contributed by atoms with Crippen LogP contribution in [0, 0.1) is 13.8 Å². The van der Waals surface area contributed by atoms with Crippen LogP contribution in [0.15, 0.2) is 46.3 Å². The first-order valence-corrected chi connectivity index (χ1v) is 11.8. The van der Waals surface area contributed by atoms with Gasteiger partial charge < -0.3 is 10.0 Å². The molecule has 0 saturated carbocycles. The minimum absolute atomic E-state index is 0. The molecule has 0 aliphatic carbocycles. The molecule has 0 amide bonds. The first kappa shape index (κ1) is 25.2. The van der Waals surface area contributed by atoms with Gasteiger partial charge in [0.2, 0.25) is 10.0 Å². The van der Waals surface area contributed by atoms with Gasteiger partial charge in [-0.2, -0.15) is 0 Å². The summed E-state index contributed by atoms with van der Waals surface area (Å²) in [5.41, 5.74) is 2.11. The van der Waals surface area contributed by atoms with Gasteiger partial charge in [0.25, 0.3) is 0 Å². The molecule has 1 fully saturated rings. The molecule has 2 aromatic rings. The van der Waals surface area contributed by atoms with Gasteiger partial charge in [-0.25, -0.2) is 17.7 Å². The standard InChI is InChI=1S/C20H24ClN3O3S2.BrH/c1-13-7-6-8-17(14(13)2)22-19-24(5)20(25,12-28-19)15-9-10-16(21)18(11-15)29(26,27)23(3)4;/h6-11,25H,12H2,1-5H3;1H/b22-19+;. The summed E-state index contributed by atoms with van der Waals surface area (Å²) in [5, 5.41) is 12.2. The number of halogens is 2. The Balaban J connectivity index is 0.00000320. The van der Waals surface area contributed by atoms with Crippen molar-refractivity contribution >= 4 is 61.2 Å². The van der Waals surface area contributed by atoms with Crippen LogP contribution in [0.5, 0.6) is 0 Å². The third-order valence-corrected chi connectivity index (χ3v) is 8.66. The maximum absolute atomic E-state index is 12.6. The van der Waals surface area contributed by atoms with Gasteiger partial charge in [0.15, 0.2) is 10.9 Å². The summed E-state index contributed by atoms with van der Waals surface area (Å²) in [6.07, 6.45) is 0. The molecule has 1 heterocycles. The van der Waals surface area contributed by atoms with Crippen molar-refractivity contribution in [3.05, 3.63) is 58.1 Å². The lowest BCUT2D eigenvalue weighted by molar-refractivity contribution is -0.0349. The highest BCUT2D eigenvalue weighted by Crippen LogP contribution is 2.40. The normalized spacial score (nSPS) is 20.7. The fraction of sp³-hybridized carbons (Fsp3) is 0.350. The Hall–Kier alpha value is -1.10. The molecule has 1 atom stereocenters. The summed E-state index contributed by atoms with van der Waals surface area (Å²) in [5.74, 6) is 0.316. The number of thioether (sulfide) groups is 1. The number of hydrogen-bond acceptors (Lipinski definition) is 5. The second-order valence-electron chi connectivity index (χ2n) is 7.21. The second-order valence-corrected chi connectivity index (χ2v) is 10.7. The van der Waals surface area contributed by atoms with Gasteiger partial charge in [-0.05, 0) is 43.2 Å². The Labute approximate surface area is 197 Å². The zero-order valence-corrected chi connectivity index (χ0v) is 21.5. The SMILES string of the molecule is Br.Cc1cccc(/N=C2/SCC(O)(c3ccc(Cl)c(S(=O)(=O)N(C)C)c3)N2C)c1C. The molecule has 2 aromatic carbocycles. The highest BCUT2D eigenvalue weighted by Gasteiger charge is 2.43. The van der Waals surface area contributed by atoms with Crippen molar-refractivity contribution in [1.29, 1.82) is 0 Å². The largest absolute Gasteiger partial charge is 0.366 e. The van der Waals surface area contributed by atoms with E-state index in [0.29, 0.717) is 16.5 Å². The van der Waals surface area contributed by atoms with E-state index in [0.717, 1.165) is 21.1 Å². The van der Waals surface area contributed by atoms with Crippen LogP contribution in [-0.4, -0.2) is 54.8 Å². The quantitative estimate of drug-likeness (QED) is 0.633. The molecule has 6 nitrogen and oxygen atoms in total. The first-order chi connectivity index (χ1) is 13.5. The molecule has 1 N–H and O–H groups in total. The average molecular weight is 535 g/mol. The molecule has 1 unspecified atom stereocenters. The van der Waals surface area contributed by atoms with Gasteiger partial charge in [-0.1, -0.05) is 41.6 Å². The third-order valence-electron chi connectivity index (χ3n) is 5.19. The van der Waals surface area contributed by atoms with Crippen molar-refractivity contribution in [2.24, 2.45) is 4.99 Å². The fourth-order valence-corrected chi connectivity index (χ4v) is 5.60. The minimum Gasteiger partial charge on any atom is -0.366 e. The number of aliphatic imine (C=N–C) groups is 1. The van der Waals surface area contributed by atoms with E-state index in [1.165, 1.54) is 38.0 Å². The second kappa shape index (κ2) is 9.18. The first-order valence-electron chi connectivity index (χ1n) is 8.95. The number of benzene rings is 2. The molecule has 1 aliphatic rings. The number of amidine groups is 1. The van der Waals surface area contributed by atoms with Crippen molar-refractivity contribution in [3.63, 3.8) is 0 Å². The van der Waals surface area contributed by atoms with Crippen LogP contribution in [-0.2, 0) is 15.7 Å².